The first-order chi connectivity index (χ1) is 9.25. The van der Waals surface area contributed by atoms with Gasteiger partial charge in [-0.3, -0.25) is 0 Å². The molecule has 0 amide bonds. The Balaban J connectivity index is 2.40. The molecule has 1 aliphatic heterocycles. The zero-order valence-electron chi connectivity index (χ0n) is 12.5. The number of sulfonamides is 1. The highest BCUT2D eigenvalue weighted by atomic mass is 32.2. The van der Waals surface area contributed by atoms with E-state index in [0.717, 1.165) is 12.0 Å². The van der Waals surface area contributed by atoms with Crippen LogP contribution in [-0.2, 0) is 10.0 Å². The van der Waals surface area contributed by atoms with Crippen molar-refractivity contribution >= 4 is 15.7 Å². The summed E-state index contributed by atoms with van der Waals surface area (Å²) < 4.78 is 27.2. The fourth-order valence-corrected chi connectivity index (χ4v) is 4.52. The van der Waals surface area contributed by atoms with E-state index in [9.17, 15) is 8.42 Å². The van der Waals surface area contributed by atoms with E-state index in [1.165, 1.54) is 0 Å². The molecular formula is C14H23N3O2S. The monoisotopic (exact) mass is 297 g/mol. The van der Waals surface area contributed by atoms with Gasteiger partial charge in [0.1, 0.15) is 4.90 Å². The highest BCUT2D eigenvalue weighted by Crippen LogP contribution is 2.31. The van der Waals surface area contributed by atoms with Crippen molar-refractivity contribution in [1.82, 2.24) is 9.21 Å². The average molecular weight is 297 g/mol. The van der Waals surface area contributed by atoms with Gasteiger partial charge in [0.15, 0.2) is 0 Å². The van der Waals surface area contributed by atoms with Gasteiger partial charge in [0.05, 0.1) is 5.69 Å². The number of aryl methyl sites for hydroxylation is 2. The van der Waals surface area contributed by atoms with Crippen LogP contribution in [0, 0.1) is 13.8 Å². The van der Waals surface area contributed by atoms with Gasteiger partial charge in [-0.05, 0) is 45.5 Å². The molecule has 0 radical (unpaired) electrons. The van der Waals surface area contributed by atoms with E-state index < -0.39 is 10.0 Å². The zero-order chi connectivity index (χ0) is 15.1. The summed E-state index contributed by atoms with van der Waals surface area (Å²) in [6, 6.07) is 3.95. The van der Waals surface area contributed by atoms with Crippen molar-refractivity contribution in [3.63, 3.8) is 0 Å². The van der Waals surface area contributed by atoms with E-state index in [-0.39, 0.29) is 10.9 Å². The van der Waals surface area contributed by atoms with Crippen molar-refractivity contribution in [2.45, 2.75) is 31.2 Å². The molecule has 1 unspecified atom stereocenters. The van der Waals surface area contributed by atoms with Crippen molar-refractivity contribution in [2.75, 3.05) is 32.9 Å². The largest absolute Gasteiger partial charge is 0.397 e. The minimum atomic E-state index is -3.51. The number of nitrogens with two attached hydrogens (primary N) is 1. The van der Waals surface area contributed by atoms with Crippen molar-refractivity contribution in [1.29, 1.82) is 0 Å². The van der Waals surface area contributed by atoms with E-state index >= 15 is 0 Å². The molecule has 0 spiro atoms. The lowest BCUT2D eigenvalue weighted by Crippen LogP contribution is -2.35. The molecule has 0 aliphatic carbocycles. The van der Waals surface area contributed by atoms with Gasteiger partial charge in [0, 0.05) is 19.1 Å². The molecule has 1 heterocycles. The molecule has 5 nitrogen and oxygen atoms in total. The molecule has 1 aromatic carbocycles. The Labute approximate surface area is 121 Å². The van der Waals surface area contributed by atoms with E-state index in [2.05, 4.69) is 4.90 Å². The molecule has 0 bridgehead atoms. The van der Waals surface area contributed by atoms with Gasteiger partial charge in [0.25, 0.3) is 0 Å². The maximum absolute atomic E-state index is 12.8. The Kier molecular flexibility index (Phi) is 4.09. The van der Waals surface area contributed by atoms with Crippen LogP contribution < -0.4 is 5.73 Å². The van der Waals surface area contributed by atoms with E-state index in [1.54, 1.807) is 11.2 Å². The predicted molar refractivity (Wildman–Crippen MR) is 81.2 cm³/mol. The lowest BCUT2D eigenvalue weighted by atomic mass is 10.1. The summed E-state index contributed by atoms with van der Waals surface area (Å²) in [6.07, 6.45) is 0.858. The molecule has 1 aromatic rings. The summed E-state index contributed by atoms with van der Waals surface area (Å²) in [5.74, 6) is 0. The predicted octanol–water partition coefficient (Wildman–Crippen LogP) is 1.21. The summed E-state index contributed by atoms with van der Waals surface area (Å²) in [6.45, 7) is 4.71. The number of benzene rings is 1. The zero-order valence-corrected chi connectivity index (χ0v) is 13.4. The fourth-order valence-electron chi connectivity index (χ4n) is 2.63. The number of hydrogen-bond acceptors (Lipinski definition) is 4. The van der Waals surface area contributed by atoms with Gasteiger partial charge >= 0.3 is 0 Å². The summed E-state index contributed by atoms with van der Waals surface area (Å²) in [4.78, 5) is 2.35. The first kappa shape index (κ1) is 15.3. The van der Waals surface area contributed by atoms with Gasteiger partial charge < -0.3 is 10.6 Å². The van der Waals surface area contributed by atoms with Gasteiger partial charge in [-0.15, -0.1) is 0 Å². The second-order valence-corrected chi connectivity index (χ2v) is 7.59. The first-order valence-electron chi connectivity index (χ1n) is 6.77. The Morgan fingerprint density at radius 2 is 1.85 bits per heavy atom. The molecule has 0 aromatic heterocycles. The smallest absolute Gasteiger partial charge is 0.245 e. The van der Waals surface area contributed by atoms with Crippen LogP contribution in [-0.4, -0.2) is 50.8 Å². The molecule has 0 saturated carbocycles. The Bertz CT molecular complexity index is 611. The molecule has 2 N–H and O–H groups in total. The molecule has 1 aliphatic rings. The average Bonchev–Trinajstić information content (AvgIpc) is 2.84. The molecule has 2 rings (SSSR count). The van der Waals surface area contributed by atoms with Crippen LogP contribution in [0.5, 0.6) is 0 Å². The number of nitrogens with zero attached hydrogens (tertiary/aromatic N) is 2. The van der Waals surface area contributed by atoms with Crippen LogP contribution in [0.1, 0.15) is 17.5 Å². The van der Waals surface area contributed by atoms with Crippen molar-refractivity contribution in [2.24, 2.45) is 0 Å². The van der Waals surface area contributed by atoms with Crippen LogP contribution in [0.2, 0.25) is 0 Å². The number of anilines is 1. The van der Waals surface area contributed by atoms with Gasteiger partial charge in [-0.1, -0.05) is 12.1 Å². The lowest BCUT2D eigenvalue weighted by Gasteiger charge is -2.22. The van der Waals surface area contributed by atoms with E-state index in [1.807, 2.05) is 33.2 Å². The molecule has 1 fully saturated rings. The van der Waals surface area contributed by atoms with Crippen LogP contribution >= 0.6 is 0 Å². The minimum absolute atomic E-state index is 0.274. The normalized spacial score (nSPS) is 20.8. The third kappa shape index (κ3) is 2.55. The lowest BCUT2D eigenvalue weighted by molar-refractivity contribution is 0.302. The highest BCUT2D eigenvalue weighted by molar-refractivity contribution is 7.89. The molecule has 1 saturated heterocycles. The van der Waals surface area contributed by atoms with Crippen molar-refractivity contribution in [3.8, 4) is 0 Å². The number of nitrogen functional groups attached to an aromatic ring is 1. The van der Waals surface area contributed by atoms with Crippen LogP contribution in [0.25, 0.3) is 0 Å². The Morgan fingerprint density at radius 1 is 1.25 bits per heavy atom. The molecule has 1 atom stereocenters. The van der Waals surface area contributed by atoms with Crippen LogP contribution in [0.15, 0.2) is 17.0 Å². The maximum atomic E-state index is 12.8. The molecule has 6 heteroatoms. The van der Waals surface area contributed by atoms with E-state index in [0.29, 0.717) is 24.3 Å². The summed E-state index contributed by atoms with van der Waals surface area (Å²) >= 11 is 0. The number of likely N-dealkylation sites (N-methyl/N-ethyl adjacent to an activating group) is 1. The molecule has 112 valence electrons. The summed E-state index contributed by atoms with van der Waals surface area (Å²) in [5, 5.41) is 0. The summed E-state index contributed by atoms with van der Waals surface area (Å²) in [5.41, 5.74) is 7.90. The van der Waals surface area contributed by atoms with Crippen molar-refractivity contribution in [3.05, 3.63) is 23.3 Å². The quantitative estimate of drug-likeness (QED) is 0.852. The number of hydrogen-bond donors (Lipinski definition) is 1. The first-order valence-corrected chi connectivity index (χ1v) is 8.21. The van der Waals surface area contributed by atoms with Crippen LogP contribution in [0.3, 0.4) is 0 Å². The van der Waals surface area contributed by atoms with E-state index in [4.69, 9.17) is 5.73 Å². The second kappa shape index (κ2) is 5.35. The Morgan fingerprint density at radius 3 is 2.40 bits per heavy atom. The maximum Gasteiger partial charge on any atom is 0.245 e. The minimum Gasteiger partial charge on any atom is -0.397 e. The topological polar surface area (TPSA) is 66.6 Å². The molecule has 20 heavy (non-hydrogen) atoms. The molecular weight excluding hydrogens is 274 g/mol. The van der Waals surface area contributed by atoms with Gasteiger partial charge in [-0.25, -0.2) is 8.42 Å². The third-order valence-electron chi connectivity index (χ3n) is 4.07. The summed E-state index contributed by atoms with van der Waals surface area (Å²) in [7, 11) is 0.451. The third-order valence-corrected chi connectivity index (χ3v) is 6.13. The van der Waals surface area contributed by atoms with Crippen molar-refractivity contribution < 1.29 is 8.42 Å². The number of rotatable bonds is 3. The standard InChI is InChI=1S/C14H23N3O2S/c1-10-5-6-11(2)14(13(10)15)20(18,19)17-8-7-12(9-17)16(3)4/h5-6,12H,7-9,15H2,1-4H3. The van der Waals surface area contributed by atoms with Crippen LogP contribution in [0.4, 0.5) is 5.69 Å². The SMILES string of the molecule is Cc1ccc(C)c(S(=O)(=O)N2CCC(N(C)C)C2)c1N. The second-order valence-electron chi connectivity index (χ2n) is 5.71. The highest BCUT2D eigenvalue weighted by Gasteiger charge is 2.35. The van der Waals surface area contributed by atoms with Gasteiger partial charge in [0.2, 0.25) is 10.0 Å². The van der Waals surface area contributed by atoms with Gasteiger partial charge in [-0.2, -0.15) is 4.31 Å². The Hall–Kier alpha value is -1.11. The fraction of sp³-hybridized carbons (Fsp3) is 0.571.